The van der Waals surface area contributed by atoms with E-state index in [1.54, 1.807) is 6.34 Å². The number of dihydropyridines is 1. The van der Waals surface area contributed by atoms with Crippen molar-refractivity contribution in [1.82, 2.24) is 10.6 Å². The summed E-state index contributed by atoms with van der Waals surface area (Å²) in [5.74, 6) is 3.40. The first kappa shape index (κ1) is 22.0. The number of benzene rings is 4. The predicted molar refractivity (Wildman–Crippen MR) is 154 cm³/mol. The Kier molecular flexibility index (Phi) is 4.79. The first-order valence-electron chi connectivity index (χ1n) is 13.2. The van der Waals surface area contributed by atoms with Gasteiger partial charge in [-0.3, -0.25) is 0 Å². The third-order valence-electron chi connectivity index (χ3n) is 7.97. The third-order valence-corrected chi connectivity index (χ3v) is 7.97. The summed E-state index contributed by atoms with van der Waals surface area (Å²) in [6.07, 6.45) is 9.95. The van der Waals surface area contributed by atoms with Crippen molar-refractivity contribution < 1.29 is 9.47 Å². The molecule has 4 aliphatic rings. The summed E-state index contributed by atoms with van der Waals surface area (Å²) < 4.78 is 13.3. The molecule has 0 aliphatic carbocycles. The molecule has 4 aromatic rings. The molecule has 8 rings (SSSR count). The number of allylic oxidation sites excluding steroid dienone is 2. The molecule has 0 fully saturated rings. The fraction of sp³-hybridized carbons (Fsp3) is 0.0882. The zero-order valence-corrected chi connectivity index (χ0v) is 21.1. The lowest BCUT2D eigenvalue weighted by molar-refractivity contribution is 0.399. The maximum Gasteiger partial charge on any atom is 0.132 e. The summed E-state index contributed by atoms with van der Waals surface area (Å²) in [7, 11) is 0. The molecule has 4 aliphatic heterocycles. The lowest BCUT2D eigenvalue weighted by atomic mass is 9.62. The van der Waals surface area contributed by atoms with Crippen LogP contribution in [0.15, 0.2) is 114 Å². The molecule has 5 nitrogen and oxygen atoms in total. The third kappa shape index (κ3) is 3.23. The predicted octanol–water partition coefficient (Wildman–Crippen LogP) is 6.75. The normalized spacial score (nSPS) is 17.1. The minimum atomic E-state index is -0.600. The Balaban J connectivity index is 1.43. The zero-order valence-electron chi connectivity index (χ0n) is 21.1. The van der Waals surface area contributed by atoms with Gasteiger partial charge in [0.2, 0.25) is 0 Å². The molecular formula is C34H25N3O2. The Hall–Kier alpha value is -5.03. The molecule has 4 aromatic carbocycles. The molecule has 0 radical (unpaired) electrons. The van der Waals surface area contributed by atoms with Crippen molar-refractivity contribution in [3.05, 3.63) is 143 Å². The summed E-state index contributed by atoms with van der Waals surface area (Å²) >= 11 is 0. The summed E-state index contributed by atoms with van der Waals surface area (Å²) in [4.78, 5) is 4.31. The highest BCUT2D eigenvalue weighted by Gasteiger charge is 2.50. The smallest absolute Gasteiger partial charge is 0.132 e. The van der Waals surface area contributed by atoms with Crippen LogP contribution in [0.4, 0.5) is 0 Å². The van der Waals surface area contributed by atoms with E-state index in [0.717, 1.165) is 80.7 Å². The molecule has 1 spiro atoms. The molecule has 0 saturated carbocycles. The van der Waals surface area contributed by atoms with Crippen LogP contribution in [0.2, 0.25) is 0 Å². The van der Waals surface area contributed by atoms with Gasteiger partial charge in [0.1, 0.15) is 23.0 Å². The summed E-state index contributed by atoms with van der Waals surface area (Å²) in [6.45, 7) is 1.53. The van der Waals surface area contributed by atoms with Crippen LogP contribution in [0.3, 0.4) is 0 Å². The fourth-order valence-corrected chi connectivity index (χ4v) is 6.25. The number of para-hydroxylation sites is 2. The number of aliphatic imine (C=N–C) groups is 1. The highest BCUT2D eigenvalue weighted by atomic mass is 16.5. The topological polar surface area (TPSA) is 54.9 Å². The zero-order chi connectivity index (χ0) is 25.8. The highest BCUT2D eigenvalue weighted by molar-refractivity contribution is 5.80. The molecular weight excluding hydrogens is 482 g/mol. The van der Waals surface area contributed by atoms with Crippen molar-refractivity contribution in [1.29, 1.82) is 0 Å². The van der Waals surface area contributed by atoms with E-state index in [-0.39, 0.29) is 0 Å². The SMILES string of the molecule is C1=CCNC(c2ccc3c(c2)Oc2cc(C4=CN=CNC4)ccc2C32c3ccccc3Oc3ccccc32)=C1. The Morgan fingerprint density at radius 1 is 0.692 bits per heavy atom. The van der Waals surface area contributed by atoms with Gasteiger partial charge in [0.15, 0.2) is 0 Å². The van der Waals surface area contributed by atoms with E-state index in [0.29, 0.717) is 0 Å². The fourth-order valence-electron chi connectivity index (χ4n) is 6.25. The van der Waals surface area contributed by atoms with E-state index >= 15 is 0 Å². The van der Waals surface area contributed by atoms with Crippen LogP contribution in [-0.4, -0.2) is 19.4 Å². The van der Waals surface area contributed by atoms with Gasteiger partial charge >= 0.3 is 0 Å². The van der Waals surface area contributed by atoms with Gasteiger partial charge in [-0.2, -0.15) is 0 Å². The lowest BCUT2D eigenvalue weighted by Crippen LogP contribution is -2.37. The maximum absolute atomic E-state index is 6.80. The number of ether oxygens (including phenoxy) is 2. The van der Waals surface area contributed by atoms with Crippen molar-refractivity contribution >= 4 is 17.6 Å². The molecule has 0 unspecified atom stereocenters. The van der Waals surface area contributed by atoms with Gasteiger partial charge in [-0.05, 0) is 41.5 Å². The number of hydrogen-bond donors (Lipinski definition) is 2. The van der Waals surface area contributed by atoms with Gasteiger partial charge in [0.05, 0.1) is 11.8 Å². The van der Waals surface area contributed by atoms with Crippen LogP contribution >= 0.6 is 0 Å². The lowest BCUT2D eigenvalue weighted by Gasteiger charge is -2.45. The van der Waals surface area contributed by atoms with Crippen molar-refractivity contribution in [2.75, 3.05) is 13.1 Å². The molecule has 0 saturated heterocycles. The van der Waals surface area contributed by atoms with Gasteiger partial charge in [0.25, 0.3) is 0 Å². The van der Waals surface area contributed by atoms with E-state index in [1.807, 2.05) is 18.3 Å². The van der Waals surface area contributed by atoms with Crippen LogP contribution in [0.1, 0.15) is 33.4 Å². The molecule has 0 amide bonds. The first-order chi connectivity index (χ1) is 19.3. The second-order valence-electron chi connectivity index (χ2n) is 10.1. The van der Waals surface area contributed by atoms with Crippen LogP contribution in [0.5, 0.6) is 23.0 Å². The second-order valence-corrected chi connectivity index (χ2v) is 10.1. The van der Waals surface area contributed by atoms with Gasteiger partial charge in [-0.1, -0.05) is 72.8 Å². The molecule has 4 heterocycles. The number of nitrogens with zero attached hydrogens (tertiary/aromatic N) is 1. The van der Waals surface area contributed by atoms with E-state index in [4.69, 9.17) is 9.47 Å². The van der Waals surface area contributed by atoms with Crippen LogP contribution < -0.4 is 20.1 Å². The Bertz CT molecular complexity index is 1650. The Morgan fingerprint density at radius 2 is 1.33 bits per heavy atom. The summed E-state index contributed by atoms with van der Waals surface area (Å²) in [5.41, 5.74) is 8.20. The van der Waals surface area contributed by atoms with Gasteiger partial charge in [0, 0.05) is 52.8 Å². The van der Waals surface area contributed by atoms with Gasteiger partial charge in [-0.15, -0.1) is 0 Å². The number of rotatable bonds is 2. The molecule has 0 bridgehead atoms. The molecule has 2 N–H and O–H groups in total. The molecule has 5 heteroatoms. The first-order valence-corrected chi connectivity index (χ1v) is 13.2. The average molecular weight is 508 g/mol. The second kappa shape index (κ2) is 8.50. The van der Waals surface area contributed by atoms with E-state index in [1.165, 1.54) is 0 Å². The molecule has 188 valence electrons. The summed E-state index contributed by atoms with van der Waals surface area (Å²) in [5, 5.41) is 6.71. The van der Waals surface area contributed by atoms with Crippen LogP contribution in [0, 0.1) is 0 Å². The van der Waals surface area contributed by atoms with Crippen molar-refractivity contribution in [3.63, 3.8) is 0 Å². The standard InChI is InChI=1S/C34H25N3O2/c1-3-10-30-25(7-1)34(26-8-2-4-11-31(26)38-30)27-14-12-22(24-19-35-21-36-20-24)17-32(27)39-33-18-23(13-15-28(33)34)29-9-5-6-16-37-29/h1-15,17-19,21,37H,16,20H2,(H,35,36). The van der Waals surface area contributed by atoms with E-state index in [2.05, 4.69) is 107 Å². The minimum Gasteiger partial charge on any atom is -0.457 e. The Morgan fingerprint density at radius 3 is 2.00 bits per heavy atom. The van der Waals surface area contributed by atoms with Crippen LogP contribution in [-0.2, 0) is 5.41 Å². The van der Waals surface area contributed by atoms with E-state index in [9.17, 15) is 0 Å². The quantitative estimate of drug-likeness (QED) is 0.272. The van der Waals surface area contributed by atoms with Gasteiger partial charge in [-0.25, -0.2) is 4.99 Å². The number of nitrogens with one attached hydrogen (secondary N) is 2. The molecule has 39 heavy (non-hydrogen) atoms. The highest BCUT2D eigenvalue weighted by Crippen LogP contribution is 2.61. The van der Waals surface area contributed by atoms with E-state index < -0.39 is 5.41 Å². The average Bonchev–Trinajstić information content (AvgIpc) is 3.01. The number of hydrogen-bond acceptors (Lipinski definition) is 5. The van der Waals surface area contributed by atoms with Crippen molar-refractivity contribution in [2.45, 2.75) is 5.41 Å². The minimum absolute atomic E-state index is 0.600. The molecule has 0 atom stereocenters. The Labute approximate surface area is 226 Å². The van der Waals surface area contributed by atoms with Crippen molar-refractivity contribution in [3.8, 4) is 23.0 Å². The van der Waals surface area contributed by atoms with Crippen molar-refractivity contribution in [2.24, 2.45) is 4.99 Å². The monoisotopic (exact) mass is 507 g/mol. The largest absolute Gasteiger partial charge is 0.457 e. The number of fused-ring (bicyclic) bond motifs is 8. The maximum atomic E-state index is 6.80. The van der Waals surface area contributed by atoms with Gasteiger partial charge < -0.3 is 20.1 Å². The molecule has 0 aromatic heterocycles. The summed E-state index contributed by atoms with van der Waals surface area (Å²) in [6, 6.07) is 29.9. The van der Waals surface area contributed by atoms with Crippen LogP contribution in [0.25, 0.3) is 11.3 Å².